The van der Waals surface area contributed by atoms with Crippen LogP contribution in [0.3, 0.4) is 0 Å². The SMILES string of the molecule is CN(C)CCN(C(=O)COc1ccc(F)cc1)c1nc2c(S(C)(=O)=O)cccc2s1.Cl. The first-order valence-corrected chi connectivity index (χ1v) is 11.8. The number of fused-ring (bicyclic) bond motifs is 1. The summed E-state index contributed by atoms with van der Waals surface area (Å²) in [5, 5.41) is 0.399. The smallest absolute Gasteiger partial charge is 0.266 e. The highest BCUT2D eigenvalue weighted by Crippen LogP contribution is 2.32. The van der Waals surface area contributed by atoms with Gasteiger partial charge in [0.2, 0.25) is 0 Å². The lowest BCUT2D eigenvalue weighted by molar-refractivity contribution is -0.120. The number of hydrogen-bond acceptors (Lipinski definition) is 7. The molecule has 0 N–H and O–H groups in total. The van der Waals surface area contributed by atoms with Crippen molar-refractivity contribution < 1.29 is 22.3 Å². The average Bonchev–Trinajstić information content (AvgIpc) is 3.10. The molecule has 0 saturated carbocycles. The topological polar surface area (TPSA) is 79.8 Å². The molecule has 0 atom stereocenters. The van der Waals surface area contributed by atoms with E-state index in [1.54, 1.807) is 12.1 Å². The summed E-state index contributed by atoms with van der Waals surface area (Å²) in [6.07, 6.45) is 1.13. The van der Waals surface area contributed by atoms with Crippen LogP contribution in [0, 0.1) is 5.82 Å². The van der Waals surface area contributed by atoms with E-state index in [0.29, 0.717) is 34.2 Å². The summed E-state index contributed by atoms with van der Waals surface area (Å²) >= 11 is 1.25. The molecule has 0 aliphatic heterocycles. The van der Waals surface area contributed by atoms with E-state index in [4.69, 9.17) is 4.74 Å². The maximum atomic E-state index is 13.0. The molecule has 0 saturated heterocycles. The molecule has 11 heteroatoms. The Morgan fingerprint density at radius 3 is 2.42 bits per heavy atom. The highest BCUT2D eigenvalue weighted by molar-refractivity contribution is 7.91. The van der Waals surface area contributed by atoms with E-state index < -0.39 is 15.7 Å². The highest BCUT2D eigenvalue weighted by atomic mass is 35.5. The molecular formula is C20H23ClFN3O4S2. The van der Waals surface area contributed by atoms with Gasteiger partial charge in [0.05, 0.1) is 9.60 Å². The maximum Gasteiger partial charge on any atom is 0.266 e. The number of likely N-dealkylation sites (N-methyl/N-ethyl adjacent to an activating group) is 1. The lowest BCUT2D eigenvalue weighted by Crippen LogP contribution is -2.39. The maximum absolute atomic E-state index is 13.0. The number of amides is 1. The Balaban J connectivity index is 0.00000341. The predicted molar refractivity (Wildman–Crippen MR) is 123 cm³/mol. The van der Waals surface area contributed by atoms with Gasteiger partial charge in [0, 0.05) is 19.3 Å². The summed E-state index contributed by atoms with van der Waals surface area (Å²) in [7, 11) is 0.313. The lowest BCUT2D eigenvalue weighted by atomic mass is 10.3. The molecule has 0 fully saturated rings. The van der Waals surface area contributed by atoms with Crippen LogP contribution in [0.15, 0.2) is 47.4 Å². The quantitative estimate of drug-likeness (QED) is 0.485. The second kappa shape index (κ2) is 10.4. The van der Waals surface area contributed by atoms with E-state index in [2.05, 4.69) is 4.98 Å². The molecule has 31 heavy (non-hydrogen) atoms. The number of sulfone groups is 1. The molecule has 1 aromatic heterocycles. The Bertz CT molecular complexity index is 1150. The number of thiazole rings is 1. The van der Waals surface area contributed by atoms with Crippen LogP contribution in [-0.4, -0.2) is 64.3 Å². The number of aromatic nitrogens is 1. The minimum Gasteiger partial charge on any atom is -0.484 e. The van der Waals surface area contributed by atoms with E-state index in [1.807, 2.05) is 19.0 Å². The summed E-state index contributed by atoms with van der Waals surface area (Å²) < 4.78 is 43.4. The van der Waals surface area contributed by atoms with Gasteiger partial charge in [-0.1, -0.05) is 17.4 Å². The molecule has 0 unspecified atom stereocenters. The van der Waals surface area contributed by atoms with Crippen LogP contribution in [0.5, 0.6) is 5.75 Å². The Kier molecular flexibility index (Phi) is 8.35. The predicted octanol–water partition coefficient (Wildman–Crippen LogP) is 3.23. The van der Waals surface area contributed by atoms with E-state index in [-0.39, 0.29) is 29.8 Å². The average molecular weight is 488 g/mol. The largest absolute Gasteiger partial charge is 0.484 e. The van der Waals surface area contributed by atoms with Crippen molar-refractivity contribution in [3.8, 4) is 5.75 Å². The van der Waals surface area contributed by atoms with Crippen molar-refractivity contribution in [2.45, 2.75) is 4.90 Å². The first-order valence-electron chi connectivity index (χ1n) is 9.08. The Morgan fingerprint density at radius 2 is 1.81 bits per heavy atom. The minimum atomic E-state index is -3.46. The monoisotopic (exact) mass is 487 g/mol. The number of hydrogen-bond donors (Lipinski definition) is 0. The molecule has 0 aliphatic carbocycles. The van der Waals surface area contributed by atoms with Gasteiger partial charge in [-0.05, 0) is 50.5 Å². The minimum absolute atomic E-state index is 0. The zero-order valence-corrected chi connectivity index (χ0v) is 19.7. The van der Waals surface area contributed by atoms with Crippen LogP contribution in [0.1, 0.15) is 0 Å². The van der Waals surface area contributed by atoms with Crippen molar-refractivity contribution in [1.82, 2.24) is 9.88 Å². The summed E-state index contributed by atoms with van der Waals surface area (Å²) in [6.45, 7) is 0.678. The van der Waals surface area contributed by atoms with Crippen molar-refractivity contribution >= 4 is 54.8 Å². The van der Waals surface area contributed by atoms with E-state index >= 15 is 0 Å². The van der Waals surface area contributed by atoms with Crippen LogP contribution >= 0.6 is 23.7 Å². The Labute approximate surface area is 190 Å². The number of carbonyl (C=O) groups excluding carboxylic acids is 1. The van der Waals surface area contributed by atoms with E-state index in [0.717, 1.165) is 6.26 Å². The van der Waals surface area contributed by atoms with Gasteiger partial charge in [0.25, 0.3) is 5.91 Å². The number of nitrogens with zero attached hydrogens (tertiary/aromatic N) is 3. The zero-order chi connectivity index (χ0) is 21.9. The van der Waals surface area contributed by atoms with Crippen molar-refractivity contribution in [2.75, 3.05) is 44.9 Å². The van der Waals surface area contributed by atoms with Crippen molar-refractivity contribution in [1.29, 1.82) is 0 Å². The summed E-state index contributed by atoms with van der Waals surface area (Å²) in [4.78, 5) is 20.9. The number of benzene rings is 2. The Hall–Kier alpha value is -2.27. The second-order valence-corrected chi connectivity index (χ2v) is 9.96. The zero-order valence-electron chi connectivity index (χ0n) is 17.2. The molecule has 0 aliphatic rings. The van der Waals surface area contributed by atoms with Crippen LogP contribution in [0.4, 0.5) is 9.52 Å². The molecule has 0 radical (unpaired) electrons. The van der Waals surface area contributed by atoms with Crippen LogP contribution < -0.4 is 9.64 Å². The van der Waals surface area contributed by atoms with Crippen LogP contribution in [-0.2, 0) is 14.6 Å². The number of rotatable bonds is 8. The van der Waals surface area contributed by atoms with Gasteiger partial charge in [0.1, 0.15) is 17.1 Å². The lowest BCUT2D eigenvalue weighted by Gasteiger charge is -2.22. The molecule has 1 heterocycles. The number of ether oxygens (including phenoxy) is 1. The van der Waals surface area contributed by atoms with Crippen LogP contribution in [0.2, 0.25) is 0 Å². The first-order chi connectivity index (χ1) is 14.1. The van der Waals surface area contributed by atoms with Crippen molar-refractivity contribution in [2.24, 2.45) is 0 Å². The molecule has 0 spiro atoms. The molecule has 3 aromatic rings. The number of carbonyl (C=O) groups is 1. The third kappa shape index (κ3) is 6.36. The van der Waals surface area contributed by atoms with Crippen molar-refractivity contribution in [3.05, 3.63) is 48.3 Å². The Morgan fingerprint density at radius 1 is 1.13 bits per heavy atom. The van der Waals surface area contributed by atoms with Crippen molar-refractivity contribution in [3.63, 3.8) is 0 Å². The third-order valence-electron chi connectivity index (χ3n) is 4.25. The number of halogens is 2. The molecule has 7 nitrogen and oxygen atoms in total. The molecule has 168 valence electrons. The van der Waals surface area contributed by atoms with Gasteiger partial charge in [-0.2, -0.15) is 0 Å². The number of para-hydroxylation sites is 1. The fourth-order valence-corrected chi connectivity index (χ4v) is 4.64. The van der Waals surface area contributed by atoms with E-state index in [9.17, 15) is 17.6 Å². The third-order valence-corrected chi connectivity index (χ3v) is 6.42. The fourth-order valence-electron chi connectivity index (χ4n) is 2.71. The summed E-state index contributed by atoms with van der Waals surface area (Å²) in [5.41, 5.74) is 0.349. The first kappa shape index (κ1) is 25.0. The second-order valence-electron chi connectivity index (χ2n) is 6.96. The fraction of sp³-hybridized carbons (Fsp3) is 0.300. The van der Waals surface area contributed by atoms with Gasteiger partial charge in [0.15, 0.2) is 21.6 Å². The van der Waals surface area contributed by atoms with Gasteiger partial charge in [-0.15, -0.1) is 12.4 Å². The molecule has 3 rings (SSSR count). The standard InChI is InChI=1S/C20H22FN3O4S2.ClH/c1-23(2)11-12-24(18(25)13-28-15-9-7-14(21)8-10-15)20-22-19-16(29-20)5-4-6-17(19)30(3,26)27;/h4-10H,11-13H2,1-3H3;1H. The molecule has 2 aromatic carbocycles. The molecular weight excluding hydrogens is 465 g/mol. The molecule has 1 amide bonds. The van der Waals surface area contributed by atoms with Gasteiger partial charge >= 0.3 is 0 Å². The normalized spacial score (nSPS) is 11.4. The van der Waals surface area contributed by atoms with Gasteiger partial charge in [-0.25, -0.2) is 17.8 Å². The van der Waals surface area contributed by atoms with Gasteiger partial charge in [-0.3, -0.25) is 9.69 Å². The van der Waals surface area contributed by atoms with Crippen LogP contribution in [0.25, 0.3) is 10.2 Å². The molecule has 0 bridgehead atoms. The highest BCUT2D eigenvalue weighted by Gasteiger charge is 2.23. The number of anilines is 1. The summed E-state index contributed by atoms with van der Waals surface area (Å²) in [5.74, 6) is -0.348. The summed E-state index contributed by atoms with van der Waals surface area (Å²) in [6, 6.07) is 10.3. The van der Waals surface area contributed by atoms with E-state index in [1.165, 1.54) is 46.6 Å². The van der Waals surface area contributed by atoms with Gasteiger partial charge < -0.3 is 9.64 Å².